The van der Waals surface area contributed by atoms with Gasteiger partial charge in [0.2, 0.25) is 0 Å². The molecule has 0 fully saturated rings. The Balaban J connectivity index is 1.96. The largest absolute Gasteiger partial charge is 0.496 e. The fourth-order valence-electron chi connectivity index (χ4n) is 2.89. The Bertz CT molecular complexity index is 1100. The number of pyridine rings is 1. The first kappa shape index (κ1) is 20.7. The van der Waals surface area contributed by atoms with Gasteiger partial charge in [-0.15, -0.1) is 0 Å². The van der Waals surface area contributed by atoms with Crippen LogP contribution >= 0.6 is 0 Å². The maximum atomic E-state index is 12.9. The van der Waals surface area contributed by atoms with E-state index in [1.807, 2.05) is 19.9 Å². The molecule has 0 aliphatic rings. The molecule has 2 amide bonds. The van der Waals surface area contributed by atoms with Crippen LogP contribution in [0.2, 0.25) is 0 Å². The number of amides is 2. The molecule has 0 unspecified atom stereocenters. The van der Waals surface area contributed by atoms with Gasteiger partial charge < -0.3 is 20.7 Å². The maximum Gasteiger partial charge on any atom is 0.259 e. The average Bonchev–Trinajstić information content (AvgIpc) is 2.73. The molecule has 3 N–H and O–H groups in total. The number of methoxy groups -OCH3 is 1. The molecule has 0 bridgehead atoms. The summed E-state index contributed by atoms with van der Waals surface area (Å²) in [6.45, 7) is 3.69. The Labute approximate surface area is 173 Å². The molecular formula is C21H22N6O3. The van der Waals surface area contributed by atoms with Crippen LogP contribution in [0.4, 0.5) is 17.3 Å². The molecule has 0 atom stereocenters. The normalized spacial score (nSPS) is 10.3. The highest BCUT2D eigenvalue weighted by Gasteiger charge is 2.18. The molecule has 1 aromatic carbocycles. The van der Waals surface area contributed by atoms with Crippen LogP contribution in [-0.2, 0) is 0 Å². The van der Waals surface area contributed by atoms with Crippen molar-refractivity contribution in [1.82, 2.24) is 20.3 Å². The number of para-hydroxylation sites is 1. The van der Waals surface area contributed by atoms with Crippen LogP contribution in [0.1, 0.15) is 32.0 Å². The minimum atomic E-state index is -0.407. The molecule has 2 aromatic heterocycles. The summed E-state index contributed by atoms with van der Waals surface area (Å²) < 4.78 is 5.37. The molecule has 30 heavy (non-hydrogen) atoms. The van der Waals surface area contributed by atoms with Crippen LogP contribution in [0.5, 0.6) is 5.75 Å². The van der Waals surface area contributed by atoms with Crippen LogP contribution in [0.15, 0.2) is 42.9 Å². The van der Waals surface area contributed by atoms with Crippen molar-refractivity contribution in [2.24, 2.45) is 0 Å². The molecule has 154 valence electrons. The van der Waals surface area contributed by atoms with Crippen LogP contribution in [0, 0.1) is 13.8 Å². The minimum absolute atomic E-state index is 0.224. The van der Waals surface area contributed by atoms with Gasteiger partial charge in [0.05, 0.1) is 23.9 Å². The van der Waals surface area contributed by atoms with Crippen LogP contribution in [0.25, 0.3) is 0 Å². The van der Waals surface area contributed by atoms with Gasteiger partial charge in [-0.3, -0.25) is 9.59 Å². The van der Waals surface area contributed by atoms with E-state index >= 15 is 0 Å². The second kappa shape index (κ2) is 8.99. The zero-order valence-electron chi connectivity index (χ0n) is 17.1. The lowest BCUT2D eigenvalue weighted by molar-refractivity contribution is 0.0963. The summed E-state index contributed by atoms with van der Waals surface area (Å²) in [5.41, 5.74) is 2.49. The number of aromatic nitrogens is 3. The Morgan fingerprint density at radius 2 is 1.73 bits per heavy atom. The lowest BCUT2D eigenvalue weighted by Gasteiger charge is -2.14. The first-order valence-corrected chi connectivity index (χ1v) is 9.15. The van der Waals surface area contributed by atoms with E-state index in [4.69, 9.17) is 4.74 Å². The zero-order valence-corrected chi connectivity index (χ0v) is 17.1. The first-order valence-electron chi connectivity index (χ1n) is 9.15. The van der Waals surface area contributed by atoms with E-state index < -0.39 is 5.91 Å². The molecule has 2 heterocycles. The molecule has 0 saturated carbocycles. The number of hydrogen-bond acceptors (Lipinski definition) is 7. The molecule has 0 spiro atoms. The molecule has 9 heteroatoms. The third-order valence-electron chi connectivity index (χ3n) is 4.34. The zero-order chi connectivity index (χ0) is 21.7. The molecule has 0 saturated heterocycles. The van der Waals surface area contributed by atoms with Crippen molar-refractivity contribution in [3.05, 3.63) is 65.2 Å². The van der Waals surface area contributed by atoms with E-state index in [1.165, 1.54) is 26.7 Å². The third-order valence-corrected chi connectivity index (χ3v) is 4.34. The summed E-state index contributed by atoms with van der Waals surface area (Å²) in [7, 11) is 3.01. The van der Waals surface area contributed by atoms with Gasteiger partial charge in [0.15, 0.2) is 0 Å². The van der Waals surface area contributed by atoms with Crippen LogP contribution in [0.3, 0.4) is 0 Å². The van der Waals surface area contributed by atoms with Gasteiger partial charge in [-0.1, -0.05) is 12.1 Å². The summed E-state index contributed by atoms with van der Waals surface area (Å²) in [4.78, 5) is 37.7. The second-order valence-electron chi connectivity index (χ2n) is 6.47. The van der Waals surface area contributed by atoms with Crippen molar-refractivity contribution < 1.29 is 14.3 Å². The van der Waals surface area contributed by atoms with Crippen molar-refractivity contribution in [1.29, 1.82) is 0 Å². The number of aryl methyl sites for hydroxylation is 2. The van der Waals surface area contributed by atoms with E-state index in [2.05, 4.69) is 30.9 Å². The Kier molecular flexibility index (Phi) is 6.21. The number of nitrogens with one attached hydrogen (secondary N) is 3. The highest BCUT2D eigenvalue weighted by Crippen LogP contribution is 2.26. The molecule has 3 rings (SSSR count). The van der Waals surface area contributed by atoms with Crippen LogP contribution < -0.4 is 20.7 Å². The fraction of sp³-hybridized carbons (Fsp3) is 0.190. The summed E-state index contributed by atoms with van der Waals surface area (Å²) in [5, 5.41) is 8.38. The van der Waals surface area contributed by atoms with Gasteiger partial charge in [0.1, 0.15) is 23.7 Å². The smallest absolute Gasteiger partial charge is 0.259 e. The number of rotatable bonds is 6. The monoisotopic (exact) mass is 406 g/mol. The number of carbonyl (C=O) groups is 2. The number of ether oxygens (including phenoxy) is 1. The number of anilines is 3. The predicted molar refractivity (Wildman–Crippen MR) is 113 cm³/mol. The number of hydrogen-bond donors (Lipinski definition) is 3. The lowest BCUT2D eigenvalue weighted by Crippen LogP contribution is -2.22. The van der Waals surface area contributed by atoms with E-state index in [0.29, 0.717) is 28.6 Å². The van der Waals surface area contributed by atoms with Crippen molar-refractivity contribution in [3.63, 3.8) is 0 Å². The van der Waals surface area contributed by atoms with E-state index in [0.717, 1.165) is 11.3 Å². The topological polar surface area (TPSA) is 118 Å². The van der Waals surface area contributed by atoms with Crippen molar-refractivity contribution in [2.45, 2.75) is 13.8 Å². The van der Waals surface area contributed by atoms with Gasteiger partial charge in [-0.2, -0.15) is 0 Å². The Hall–Kier alpha value is -4.01. The fourth-order valence-corrected chi connectivity index (χ4v) is 2.89. The highest BCUT2D eigenvalue weighted by atomic mass is 16.5. The standard InChI is InChI=1S/C21H22N6O3/c1-12-6-5-7-14(19(12)30-4)21(29)26-16-9-18(23-10-15(16)20(28)22-3)27-17-8-13(2)24-11-25-17/h5-11H,1-4H3,(H,22,28)(H2,23,24,25,26,27,29). The van der Waals surface area contributed by atoms with E-state index in [1.54, 1.807) is 24.3 Å². The molecule has 3 aromatic rings. The molecule has 0 radical (unpaired) electrons. The molecular weight excluding hydrogens is 384 g/mol. The average molecular weight is 406 g/mol. The summed E-state index contributed by atoms with van der Waals surface area (Å²) in [6.07, 6.45) is 2.82. The Morgan fingerprint density at radius 3 is 2.43 bits per heavy atom. The maximum absolute atomic E-state index is 12.9. The molecule has 9 nitrogen and oxygen atoms in total. The molecule has 0 aliphatic carbocycles. The quantitative estimate of drug-likeness (QED) is 0.576. The minimum Gasteiger partial charge on any atom is -0.496 e. The summed E-state index contributed by atoms with van der Waals surface area (Å²) in [6, 6.07) is 8.60. The lowest BCUT2D eigenvalue weighted by atomic mass is 10.1. The van der Waals surface area contributed by atoms with Gasteiger partial charge in [0, 0.05) is 31.1 Å². The van der Waals surface area contributed by atoms with Gasteiger partial charge in [-0.05, 0) is 25.5 Å². The first-order chi connectivity index (χ1) is 14.4. The van der Waals surface area contributed by atoms with Crippen molar-refractivity contribution >= 4 is 29.1 Å². The molecule has 0 aliphatic heterocycles. The van der Waals surface area contributed by atoms with E-state index in [9.17, 15) is 9.59 Å². The van der Waals surface area contributed by atoms with Gasteiger partial charge in [-0.25, -0.2) is 15.0 Å². The Morgan fingerprint density at radius 1 is 0.967 bits per heavy atom. The highest BCUT2D eigenvalue weighted by molar-refractivity contribution is 6.10. The number of nitrogens with zero attached hydrogens (tertiary/aromatic N) is 3. The number of carbonyl (C=O) groups excluding carboxylic acids is 2. The van der Waals surface area contributed by atoms with Crippen molar-refractivity contribution in [3.8, 4) is 5.75 Å². The summed E-state index contributed by atoms with van der Waals surface area (Å²) in [5.74, 6) is 0.641. The summed E-state index contributed by atoms with van der Waals surface area (Å²) >= 11 is 0. The SMILES string of the molecule is CNC(=O)c1cnc(Nc2cc(C)ncn2)cc1NC(=O)c1cccc(C)c1OC. The van der Waals surface area contributed by atoms with E-state index in [-0.39, 0.29) is 11.5 Å². The predicted octanol–water partition coefficient (Wildman–Crippen LogP) is 2.85. The number of benzene rings is 1. The van der Waals surface area contributed by atoms with Crippen LogP contribution in [-0.4, -0.2) is 40.9 Å². The van der Waals surface area contributed by atoms with Gasteiger partial charge in [0.25, 0.3) is 11.8 Å². The third kappa shape index (κ3) is 4.52. The second-order valence-corrected chi connectivity index (χ2v) is 6.47. The van der Waals surface area contributed by atoms with Gasteiger partial charge >= 0.3 is 0 Å². The van der Waals surface area contributed by atoms with Crippen molar-refractivity contribution in [2.75, 3.05) is 24.8 Å².